The van der Waals surface area contributed by atoms with E-state index in [1.807, 2.05) is 0 Å². The zero-order chi connectivity index (χ0) is 21.7. The molecule has 7 nitrogen and oxygen atoms in total. The van der Waals surface area contributed by atoms with Crippen molar-refractivity contribution in [2.45, 2.75) is 37.3 Å². The molecule has 0 aliphatic rings. The molecule has 0 radical (unpaired) electrons. The van der Waals surface area contributed by atoms with Crippen LogP contribution in [0.5, 0.6) is 5.75 Å². The summed E-state index contributed by atoms with van der Waals surface area (Å²) in [4.78, 5) is 23.9. The maximum atomic E-state index is 13.7. The van der Waals surface area contributed by atoms with Crippen LogP contribution in [-0.4, -0.2) is 27.1 Å². The number of Topliss-reactive ketones (excluding diaryl/α,β-unsaturated/α-hetero) is 1. The van der Waals surface area contributed by atoms with Crippen LogP contribution in [0.1, 0.15) is 43.1 Å². The van der Waals surface area contributed by atoms with Crippen molar-refractivity contribution in [1.82, 2.24) is 10.2 Å². The molecule has 0 aliphatic heterocycles. The number of para-hydroxylation sites is 1. The highest BCUT2D eigenvalue weighted by Crippen LogP contribution is 2.27. The average molecular weight is 429 g/mol. The van der Waals surface area contributed by atoms with E-state index in [1.54, 1.807) is 50.2 Å². The molecule has 3 rings (SSSR count). The van der Waals surface area contributed by atoms with Gasteiger partial charge in [0, 0.05) is 11.3 Å². The number of hydrogen-bond acceptors (Lipinski definition) is 7. The Morgan fingerprint density at radius 1 is 1.13 bits per heavy atom. The summed E-state index contributed by atoms with van der Waals surface area (Å²) in [6.07, 6.45) is -0.665. The number of carbonyl (C=O) groups is 2. The number of hydrogen-bond donors (Lipinski definition) is 1. The van der Waals surface area contributed by atoms with E-state index >= 15 is 0 Å². The molecule has 0 saturated carbocycles. The van der Waals surface area contributed by atoms with Crippen LogP contribution >= 0.6 is 11.8 Å². The molecule has 9 heteroatoms. The van der Waals surface area contributed by atoms with Crippen molar-refractivity contribution in [2.75, 3.05) is 5.32 Å². The van der Waals surface area contributed by atoms with Crippen LogP contribution in [0, 0.1) is 5.82 Å². The number of anilines is 1. The summed E-state index contributed by atoms with van der Waals surface area (Å²) in [5.41, 5.74) is 1.04. The van der Waals surface area contributed by atoms with E-state index in [0.717, 1.165) is 11.8 Å². The lowest BCUT2D eigenvalue weighted by Crippen LogP contribution is -2.22. The Morgan fingerprint density at radius 3 is 2.63 bits per heavy atom. The number of carbonyl (C=O) groups excluding carboxylic acids is 2. The van der Waals surface area contributed by atoms with Crippen LogP contribution in [0.4, 0.5) is 10.1 Å². The molecule has 2 aromatic carbocycles. The van der Waals surface area contributed by atoms with Gasteiger partial charge in [-0.25, -0.2) is 4.39 Å². The number of aromatic nitrogens is 2. The molecule has 156 valence electrons. The zero-order valence-corrected chi connectivity index (χ0v) is 17.4. The molecule has 2 atom stereocenters. The number of nitrogens with zero attached hydrogens (tertiary/aromatic N) is 2. The molecule has 30 heavy (non-hydrogen) atoms. The molecule has 1 heterocycles. The highest BCUT2D eigenvalue weighted by atomic mass is 32.2. The predicted molar refractivity (Wildman–Crippen MR) is 110 cm³/mol. The van der Waals surface area contributed by atoms with Crippen LogP contribution in [-0.2, 0) is 4.79 Å². The van der Waals surface area contributed by atoms with Gasteiger partial charge in [-0.2, -0.15) is 0 Å². The highest BCUT2D eigenvalue weighted by Gasteiger charge is 2.21. The topological polar surface area (TPSA) is 94.3 Å². The van der Waals surface area contributed by atoms with Gasteiger partial charge in [0.05, 0.1) is 5.25 Å². The van der Waals surface area contributed by atoms with Gasteiger partial charge in [-0.05, 0) is 45.0 Å². The minimum atomic E-state index is -0.665. The first-order valence-corrected chi connectivity index (χ1v) is 10.0. The number of thioether (sulfide) groups is 1. The van der Waals surface area contributed by atoms with Crippen molar-refractivity contribution in [3.8, 4) is 5.75 Å². The Bertz CT molecular complexity index is 1060. The smallest absolute Gasteiger partial charge is 0.277 e. The minimum absolute atomic E-state index is 0.0814. The molecule has 2 unspecified atom stereocenters. The first-order chi connectivity index (χ1) is 14.3. The van der Waals surface area contributed by atoms with E-state index in [2.05, 4.69) is 15.5 Å². The van der Waals surface area contributed by atoms with E-state index in [9.17, 15) is 14.0 Å². The molecule has 1 amide bonds. The quantitative estimate of drug-likeness (QED) is 0.411. The summed E-state index contributed by atoms with van der Waals surface area (Å²) >= 11 is 1.08. The first-order valence-electron chi connectivity index (χ1n) is 9.16. The number of halogens is 1. The Hall–Kier alpha value is -3.20. The second-order valence-corrected chi connectivity index (χ2v) is 7.78. The number of rotatable bonds is 8. The van der Waals surface area contributed by atoms with Gasteiger partial charge in [0.1, 0.15) is 0 Å². The maximum Gasteiger partial charge on any atom is 0.277 e. The fourth-order valence-corrected chi connectivity index (χ4v) is 3.17. The molecule has 3 aromatic rings. The Labute approximate surface area is 177 Å². The molecule has 0 bridgehead atoms. The molecule has 0 spiro atoms. The average Bonchev–Trinajstić information content (AvgIpc) is 3.18. The van der Waals surface area contributed by atoms with Crippen molar-refractivity contribution in [3.63, 3.8) is 0 Å². The Morgan fingerprint density at radius 2 is 1.90 bits per heavy atom. The van der Waals surface area contributed by atoms with Crippen LogP contribution in [0.3, 0.4) is 0 Å². The van der Waals surface area contributed by atoms with Crippen molar-refractivity contribution in [3.05, 3.63) is 65.8 Å². The fourth-order valence-electron chi connectivity index (χ4n) is 2.48. The third kappa shape index (κ3) is 5.44. The zero-order valence-electron chi connectivity index (χ0n) is 16.6. The summed E-state index contributed by atoms with van der Waals surface area (Å²) in [5, 5.41) is 10.2. The van der Waals surface area contributed by atoms with Crippen molar-refractivity contribution in [1.29, 1.82) is 0 Å². The molecule has 0 aliphatic carbocycles. The molecule has 1 aromatic heterocycles. The SMILES string of the molecule is CC(=O)c1cccc(NC(=O)C(C)Sc2nnc(C(C)Oc3ccccc3F)o2)c1. The summed E-state index contributed by atoms with van der Waals surface area (Å²) in [6, 6.07) is 12.7. The molecular weight excluding hydrogens is 409 g/mol. The molecule has 0 fully saturated rings. The minimum Gasteiger partial charge on any atom is -0.478 e. The number of nitrogens with one attached hydrogen (secondary N) is 1. The second-order valence-electron chi connectivity index (χ2n) is 6.48. The number of benzene rings is 2. The van der Waals surface area contributed by atoms with E-state index in [4.69, 9.17) is 9.15 Å². The third-order valence-corrected chi connectivity index (χ3v) is 5.03. The van der Waals surface area contributed by atoms with Crippen LogP contribution < -0.4 is 10.1 Å². The van der Waals surface area contributed by atoms with Gasteiger partial charge in [0.2, 0.25) is 5.91 Å². The summed E-state index contributed by atoms with van der Waals surface area (Å²) < 4.78 is 24.8. The van der Waals surface area contributed by atoms with Crippen LogP contribution in [0.2, 0.25) is 0 Å². The van der Waals surface area contributed by atoms with Crippen molar-refractivity contribution in [2.24, 2.45) is 0 Å². The summed E-state index contributed by atoms with van der Waals surface area (Å²) in [7, 11) is 0. The normalized spacial score (nSPS) is 12.8. The van der Waals surface area contributed by atoms with Gasteiger partial charge in [0.15, 0.2) is 23.5 Å². The van der Waals surface area contributed by atoms with Gasteiger partial charge in [-0.3, -0.25) is 9.59 Å². The molecular formula is C21H20FN3O4S. The van der Waals surface area contributed by atoms with Gasteiger partial charge in [-0.15, -0.1) is 10.2 Å². The van der Waals surface area contributed by atoms with Gasteiger partial charge >= 0.3 is 0 Å². The number of ether oxygens (including phenoxy) is 1. The lowest BCUT2D eigenvalue weighted by molar-refractivity contribution is -0.115. The molecule has 0 saturated heterocycles. The van der Waals surface area contributed by atoms with E-state index in [0.29, 0.717) is 11.3 Å². The third-order valence-electron chi connectivity index (χ3n) is 4.09. The Balaban J connectivity index is 1.59. The van der Waals surface area contributed by atoms with Gasteiger partial charge < -0.3 is 14.5 Å². The van der Waals surface area contributed by atoms with E-state index in [-0.39, 0.29) is 28.6 Å². The summed E-state index contributed by atoms with van der Waals surface area (Å²) in [6.45, 7) is 4.81. The lowest BCUT2D eigenvalue weighted by atomic mass is 10.1. The molecule has 1 N–H and O–H groups in total. The van der Waals surface area contributed by atoms with Gasteiger partial charge in [0.25, 0.3) is 11.1 Å². The van der Waals surface area contributed by atoms with E-state index < -0.39 is 17.2 Å². The number of ketones is 1. The van der Waals surface area contributed by atoms with Gasteiger partial charge in [-0.1, -0.05) is 36.0 Å². The predicted octanol–water partition coefficient (Wildman–Crippen LogP) is 4.67. The largest absolute Gasteiger partial charge is 0.478 e. The second kappa shape index (κ2) is 9.53. The van der Waals surface area contributed by atoms with Crippen molar-refractivity contribution < 1.29 is 23.1 Å². The van der Waals surface area contributed by atoms with E-state index in [1.165, 1.54) is 19.1 Å². The monoisotopic (exact) mass is 429 g/mol. The van der Waals surface area contributed by atoms with Crippen molar-refractivity contribution >= 4 is 29.1 Å². The first kappa shape index (κ1) is 21.5. The van der Waals surface area contributed by atoms with Crippen LogP contribution in [0.25, 0.3) is 0 Å². The maximum absolute atomic E-state index is 13.7. The highest BCUT2D eigenvalue weighted by molar-refractivity contribution is 8.00. The lowest BCUT2D eigenvalue weighted by Gasteiger charge is -2.11. The Kier molecular flexibility index (Phi) is 6.83. The van der Waals surface area contributed by atoms with Crippen LogP contribution in [0.15, 0.2) is 58.2 Å². The fraction of sp³-hybridized carbons (Fsp3) is 0.238. The standard InChI is InChI=1S/C21H20FN3O4S/c1-12(26)15-7-6-8-16(11-15)23-19(27)14(3)30-21-25-24-20(29-21)13(2)28-18-10-5-4-9-17(18)22/h4-11,13-14H,1-3H3,(H,23,27). The summed E-state index contributed by atoms with van der Waals surface area (Å²) in [5.74, 6) is -0.604. The number of amides is 1.